The van der Waals surface area contributed by atoms with Gasteiger partial charge in [0, 0.05) is 37.6 Å². The van der Waals surface area contributed by atoms with Crippen LogP contribution in [0.3, 0.4) is 0 Å². The number of hydrogen-bond donors (Lipinski definition) is 2. The second-order valence-electron chi connectivity index (χ2n) is 5.80. The molecule has 3 atom stereocenters. The fourth-order valence-corrected chi connectivity index (χ4v) is 3.12. The zero-order valence-electron chi connectivity index (χ0n) is 11.2. The Labute approximate surface area is 105 Å². The predicted octanol–water partition coefficient (Wildman–Crippen LogP) is 1.12. The van der Waals surface area contributed by atoms with Gasteiger partial charge in [-0.3, -0.25) is 15.2 Å². The van der Waals surface area contributed by atoms with Crippen molar-refractivity contribution in [3.63, 3.8) is 0 Å². The summed E-state index contributed by atoms with van der Waals surface area (Å²) < 4.78 is 0. The van der Waals surface area contributed by atoms with Gasteiger partial charge < -0.3 is 5.73 Å². The van der Waals surface area contributed by atoms with Crippen molar-refractivity contribution in [3.8, 4) is 0 Å². The van der Waals surface area contributed by atoms with Gasteiger partial charge in [-0.15, -0.1) is 0 Å². The molecule has 0 aromatic heterocycles. The summed E-state index contributed by atoms with van der Waals surface area (Å²) >= 11 is 0. The fourth-order valence-electron chi connectivity index (χ4n) is 3.12. The zero-order chi connectivity index (χ0) is 12.4. The van der Waals surface area contributed by atoms with E-state index < -0.39 is 0 Å². The summed E-state index contributed by atoms with van der Waals surface area (Å²) in [6, 6.07) is 1.35. The Morgan fingerprint density at radius 1 is 1.41 bits per heavy atom. The van der Waals surface area contributed by atoms with Crippen LogP contribution in [0.25, 0.3) is 0 Å². The first-order valence-electron chi connectivity index (χ1n) is 6.90. The first-order valence-corrected chi connectivity index (χ1v) is 6.90. The van der Waals surface area contributed by atoms with Crippen LogP contribution in [-0.4, -0.2) is 53.9 Å². The molecule has 2 aliphatic heterocycles. The van der Waals surface area contributed by atoms with Crippen LogP contribution in [0.15, 0.2) is 0 Å². The number of amidine groups is 1. The average Bonchev–Trinajstić information content (AvgIpc) is 2.29. The largest absolute Gasteiger partial charge is 0.387 e. The highest BCUT2D eigenvalue weighted by Gasteiger charge is 2.33. The van der Waals surface area contributed by atoms with Crippen molar-refractivity contribution >= 4 is 5.84 Å². The summed E-state index contributed by atoms with van der Waals surface area (Å²) in [6.07, 6.45) is 4.09. The molecule has 0 amide bonds. The maximum atomic E-state index is 7.51. The van der Waals surface area contributed by atoms with E-state index in [1.165, 1.54) is 38.9 Å². The first-order chi connectivity index (χ1) is 8.08. The Kier molecular flexibility index (Phi) is 4.05. The van der Waals surface area contributed by atoms with Gasteiger partial charge in [-0.25, -0.2) is 0 Å². The van der Waals surface area contributed by atoms with Crippen molar-refractivity contribution in [1.82, 2.24) is 9.80 Å². The van der Waals surface area contributed by atoms with Crippen LogP contribution in [-0.2, 0) is 0 Å². The molecule has 0 spiro atoms. The molecule has 2 fully saturated rings. The fraction of sp³-hybridized carbons (Fsp3) is 0.923. The van der Waals surface area contributed by atoms with Crippen molar-refractivity contribution in [2.75, 3.05) is 26.2 Å². The smallest absolute Gasteiger partial charge is 0.0947 e. The molecule has 2 rings (SSSR count). The summed E-state index contributed by atoms with van der Waals surface area (Å²) in [4.78, 5) is 5.18. The number of fused-ring (bicyclic) bond motifs is 1. The molecule has 0 bridgehead atoms. The summed E-state index contributed by atoms with van der Waals surface area (Å²) in [5.74, 6) is 0.510. The lowest BCUT2D eigenvalue weighted by Gasteiger charge is -2.48. The molecule has 0 radical (unpaired) electrons. The lowest BCUT2D eigenvalue weighted by atomic mass is 9.96. The Balaban J connectivity index is 1.92. The number of nitrogens with zero attached hydrogens (tertiary/aromatic N) is 2. The molecule has 17 heavy (non-hydrogen) atoms. The number of piperazine rings is 1. The molecular weight excluding hydrogens is 212 g/mol. The van der Waals surface area contributed by atoms with E-state index in [4.69, 9.17) is 11.1 Å². The van der Waals surface area contributed by atoms with Crippen LogP contribution >= 0.6 is 0 Å². The van der Waals surface area contributed by atoms with Crippen molar-refractivity contribution in [2.24, 2.45) is 11.7 Å². The van der Waals surface area contributed by atoms with Crippen molar-refractivity contribution in [3.05, 3.63) is 0 Å². The molecule has 98 valence electrons. The van der Waals surface area contributed by atoms with Crippen LogP contribution in [0, 0.1) is 11.3 Å². The molecule has 0 aromatic carbocycles. The van der Waals surface area contributed by atoms with Gasteiger partial charge >= 0.3 is 0 Å². The zero-order valence-corrected chi connectivity index (χ0v) is 11.2. The van der Waals surface area contributed by atoms with Crippen molar-refractivity contribution in [1.29, 1.82) is 5.41 Å². The van der Waals surface area contributed by atoms with Crippen LogP contribution in [0.4, 0.5) is 0 Å². The number of nitrogens with two attached hydrogens (primary N) is 1. The van der Waals surface area contributed by atoms with Gasteiger partial charge in [0.1, 0.15) is 0 Å². The van der Waals surface area contributed by atoms with Crippen molar-refractivity contribution in [2.45, 2.75) is 45.2 Å². The van der Waals surface area contributed by atoms with E-state index in [0.29, 0.717) is 11.9 Å². The predicted molar refractivity (Wildman–Crippen MR) is 71.3 cm³/mol. The lowest BCUT2D eigenvalue weighted by molar-refractivity contribution is 0.0124. The third-order valence-corrected chi connectivity index (χ3v) is 4.36. The summed E-state index contributed by atoms with van der Waals surface area (Å²) in [5.41, 5.74) is 5.58. The lowest BCUT2D eigenvalue weighted by Crippen LogP contribution is -2.59. The summed E-state index contributed by atoms with van der Waals surface area (Å²) in [7, 11) is 0. The van der Waals surface area contributed by atoms with Gasteiger partial charge in [0.25, 0.3) is 0 Å². The molecule has 3 N–H and O–H groups in total. The third-order valence-electron chi connectivity index (χ3n) is 4.36. The molecule has 0 aromatic rings. The summed E-state index contributed by atoms with van der Waals surface area (Å²) in [6.45, 7) is 8.94. The minimum absolute atomic E-state index is 0.188. The van der Waals surface area contributed by atoms with Gasteiger partial charge in [0.15, 0.2) is 0 Å². The van der Waals surface area contributed by atoms with Crippen LogP contribution in [0.1, 0.15) is 33.1 Å². The first kappa shape index (κ1) is 12.8. The van der Waals surface area contributed by atoms with E-state index in [1.807, 2.05) is 0 Å². The minimum Gasteiger partial charge on any atom is -0.387 e. The molecule has 0 saturated carbocycles. The third kappa shape index (κ3) is 2.99. The number of nitrogens with one attached hydrogen (secondary N) is 1. The maximum Gasteiger partial charge on any atom is 0.0947 e. The Hall–Kier alpha value is -0.610. The van der Waals surface area contributed by atoms with Crippen molar-refractivity contribution < 1.29 is 0 Å². The molecule has 2 aliphatic rings. The van der Waals surface area contributed by atoms with E-state index in [1.54, 1.807) is 0 Å². The Bertz CT molecular complexity index is 279. The molecule has 0 aliphatic carbocycles. The van der Waals surface area contributed by atoms with E-state index in [2.05, 4.69) is 23.6 Å². The molecular formula is C13H26N4. The Morgan fingerprint density at radius 2 is 2.18 bits per heavy atom. The van der Waals surface area contributed by atoms with E-state index in [-0.39, 0.29) is 5.92 Å². The standard InChI is InChI=1S/C13H26N4/c1-10(13(14)15)7-17-9-12-5-3-4-6-16(12)8-11(17)2/h10-12H,3-9H2,1-2H3,(H3,14,15). The molecule has 3 unspecified atom stereocenters. The van der Waals surface area contributed by atoms with Gasteiger partial charge in [-0.05, 0) is 26.3 Å². The van der Waals surface area contributed by atoms with Crippen LogP contribution < -0.4 is 5.73 Å². The topological polar surface area (TPSA) is 56.4 Å². The molecule has 4 nitrogen and oxygen atoms in total. The van der Waals surface area contributed by atoms with E-state index in [9.17, 15) is 0 Å². The van der Waals surface area contributed by atoms with Gasteiger partial charge in [-0.1, -0.05) is 13.3 Å². The van der Waals surface area contributed by atoms with Gasteiger partial charge in [0.2, 0.25) is 0 Å². The average molecular weight is 238 g/mol. The van der Waals surface area contributed by atoms with Gasteiger partial charge in [-0.2, -0.15) is 0 Å². The van der Waals surface area contributed by atoms with Crippen LogP contribution in [0.2, 0.25) is 0 Å². The SMILES string of the molecule is CC(CN1CC2CCCCN2CC1C)C(=N)N. The normalized spacial score (nSPS) is 33.1. The second kappa shape index (κ2) is 5.36. The van der Waals surface area contributed by atoms with E-state index >= 15 is 0 Å². The monoisotopic (exact) mass is 238 g/mol. The second-order valence-corrected chi connectivity index (χ2v) is 5.80. The number of hydrogen-bond acceptors (Lipinski definition) is 3. The van der Waals surface area contributed by atoms with E-state index in [0.717, 1.165) is 12.6 Å². The summed E-state index contributed by atoms with van der Waals surface area (Å²) in [5, 5.41) is 7.51. The highest BCUT2D eigenvalue weighted by atomic mass is 15.3. The Morgan fingerprint density at radius 3 is 2.88 bits per heavy atom. The van der Waals surface area contributed by atoms with Crippen LogP contribution in [0.5, 0.6) is 0 Å². The number of rotatable bonds is 3. The quantitative estimate of drug-likeness (QED) is 0.572. The molecule has 2 saturated heterocycles. The molecule has 2 heterocycles. The van der Waals surface area contributed by atoms with Gasteiger partial charge in [0.05, 0.1) is 5.84 Å². The maximum absolute atomic E-state index is 7.51. The highest BCUT2D eigenvalue weighted by Crippen LogP contribution is 2.24. The number of piperidine rings is 1. The highest BCUT2D eigenvalue weighted by molar-refractivity contribution is 5.79. The minimum atomic E-state index is 0.188. The molecule has 4 heteroatoms.